The molecule has 0 spiro atoms. The Labute approximate surface area is 167 Å². The van der Waals surface area contributed by atoms with Crippen LogP contribution in [0.2, 0.25) is 0 Å². The first kappa shape index (κ1) is 18.6. The van der Waals surface area contributed by atoms with Crippen LogP contribution in [-0.4, -0.2) is 20.4 Å². The van der Waals surface area contributed by atoms with Crippen molar-refractivity contribution in [3.05, 3.63) is 83.6 Å². The molecule has 2 aromatic carbocycles. The lowest BCUT2D eigenvalue weighted by atomic mass is 10.0. The summed E-state index contributed by atoms with van der Waals surface area (Å²) in [4.78, 5) is 4.79. The van der Waals surface area contributed by atoms with Crippen LogP contribution in [-0.2, 0) is 6.42 Å². The van der Waals surface area contributed by atoms with Crippen molar-refractivity contribution in [2.45, 2.75) is 36.7 Å². The van der Waals surface area contributed by atoms with Crippen molar-refractivity contribution in [3.8, 4) is 0 Å². The monoisotopic (exact) mass is 393 g/mol. The Kier molecular flexibility index (Phi) is 5.39. The van der Waals surface area contributed by atoms with Crippen molar-refractivity contribution in [2.24, 2.45) is 0 Å². The van der Waals surface area contributed by atoms with E-state index in [1.54, 1.807) is 6.07 Å². The number of benzene rings is 2. The molecule has 28 heavy (non-hydrogen) atoms. The fourth-order valence-electron chi connectivity index (χ4n) is 3.02. The number of para-hydroxylation sites is 1. The molecule has 4 nitrogen and oxygen atoms in total. The second-order valence-electron chi connectivity index (χ2n) is 6.81. The molecule has 2 aromatic heterocycles. The molecule has 0 saturated heterocycles. The minimum absolute atomic E-state index is 0.205. The standard InChI is InChI=1S/C22H20FN3OS/c1-14(19-11-10-17-7-3-4-9-20(17)24-19)15(2)28-22-26-25-21(27-22)13-16-6-5-8-18(23)12-16/h3-12,14-15H,13H2,1-2H3/t14-,15+/m1/s1. The molecular formula is C22H20FN3OS. The average molecular weight is 393 g/mol. The molecule has 142 valence electrons. The van der Waals surface area contributed by atoms with Crippen molar-refractivity contribution in [1.82, 2.24) is 15.2 Å². The van der Waals surface area contributed by atoms with Crippen molar-refractivity contribution in [2.75, 3.05) is 0 Å². The summed E-state index contributed by atoms with van der Waals surface area (Å²) in [6, 6.07) is 18.7. The van der Waals surface area contributed by atoms with E-state index in [9.17, 15) is 4.39 Å². The molecule has 0 N–H and O–H groups in total. The second kappa shape index (κ2) is 8.10. The molecule has 0 bridgehead atoms. The van der Waals surface area contributed by atoms with Crippen LogP contribution >= 0.6 is 11.8 Å². The Morgan fingerprint density at radius 2 is 1.86 bits per heavy atom. The lowest BCUT2D eigenvalue weighted by Gasteiger charge is -2.17. The summed E-state index contributed by atoms with van der Waals surface area (Å²) in [5.74, 6) is 0.432. The number of rotatable bonds is 6. The molecule has 0 fully saturated rings. The van der Waals surface area contributed by atoms with Gasteiger partial charge in [-0.05, 0) is 29.8 Å². The molecule has 2 atom stereocenters. The van der Waals surface area contributed by atoms with E-state index >= 15 is 0 Å². The maximum atomic E-state index is 13.3. The maximum absolute atomic E-state index is 13.3. The Hall–Kier alpha value is -2.73. The van der Waals surface area contributed by atoms with Gasteiger partial charge in [0.1, 0.15) is 5.82 Å². The van der Waals surface area contributed by atoms with E-state index in [0.29, 0.717) is 17.5 Å². The summed E-state index contributed by atoms with van der Waals surface area (Å²) in [5.41, 5.74) is 2.85. The minimum Gasteiger partial charge on any atom is -0.416 e. The van der Waals surface area contributed by atoms with E-state index < -0.39 is 0 Å². The number of aromatic nitrogens is 3. The van der Waals surface area contributed by atoms with Crippen LogP contribution < -0.4 is 0 Å². The number of pyridine rings is 1. The Morgan fingerprint density at radius 3 is 2.71 bits per heavy atom. The van der Waals surface area contributed by atoms with E-state index in [4.69, 9.17) is 9.40 Å². The van der Waals surface area contributed by atoms with E-state index in [2.05, 4.69) is 42.2 Å². The van der Waals surface area contributed by atoms with Gasteiger partial charge in [0.25, 0.3) is 5.22 Å². The van der Waals surface area contributed by atoms with Gasteiger partial charge in [0.2, 0.25) is 5.89 Å². The molecule has 2 heterocycles. The first-order valence-electron chi connectivity index (χ1n) is 9.17. The third kappa shape index (κ3) is 4.22. The molecule has 6 heteroatoms. The highest BCUT2D eigenvalue weighted by Gasteiger charge is 2.20. The molecule has 0 aliphatic carbocycles. The summed E-state index contributed by atoms with van der Waals surface area (Å²) < 4.78 is 19.1. The van der Waals surface area contributed by atoms with E-state index in [1.165, 1.54) is 23.9 Å². The van der Waals surface area contributed by atoms with Crippen molar-refractivity contribution < 1.29 is 8.81 Å². The van der Waals surface area contributed by atoms with Crippen molar-refractivity contribution in [3.63, 3.8) is 0 Å². The van der Waals surface area contributed by atoms with Crippen LogP contribution in [0.1, 0.15) is 36.9 Å². The van der Waals surface area contributed by atoms with Crippen molar-refractivity contribution in [1.29, 1.82) is 0 Å². The molecular weight excluding hydrogens is 373 g/mol. The zero-order valence-corrected chi connectivity index (χ0v) is 16.5. The Bertz CT molecular complexity index is 1100. The summed E-state index contributed by atoms with van der Waals surface area (Å²) >= 11 is 1.53. The lowest BCUT2D eigenvalue weighted by molar-refractivity contribution is 0.419. The van der Waals surface area contributed by atoms with Gasteiger partial charge in [-0.1, -0.05) is 62.0 Å². The number of halogens is 1. The highest BCUT2D eigenvalue weighted by molar-refractivity contribution is 7.99. The predicted octanol–water partition coefficient (Wildman–Crippen LogP) is 5.63. The summed E-state index contributed by atoms with van der Waals surface area (Å²) in [5, 5.41) is 10.1. The van der Waals surface area contributed by atoms with E-state index in [0.717, 1.165) is 22.2 Å². The smallest absolute Gasteiger partial charge is 0.276 e. The number of fused-ring (bicyclic) bond motifs is 1. The third-order valence-electron chi connectivity index (χ3n) is 4.77. The first-order chi connectivity index (χ1) is 13.6. The third-order valence-corrected chi connectivity index (χ3v) is 5.92. The average Bonchev–Trinajstić information content (AvgIpc) is 3.13. The number of nitrogens with zero attached hydrogens (tertiary/aromatic N) is 3. The highest BCUT2D eigenvalue weighted by Crippen LogP contribution is 2.32. The van der Waals surface area contributed by atoms with Crippen LogP contribution in [0.25, 0.3) is 10.9 Å². The zero-order chi connectivity index (χ0) is 19.5. The molecule has 0 amide bonds. The van der Waals surface area contributed by atoms with Gasteiger partial charge >= 0.3 is 0 Å². The predicted molar refractivity (Wildman–Crippen MR) is 109 cm³/mol. The molecule has 0 aliphatic rings. The Balaban J connectivity index is 1.44. The van der Waals surface area contributed by atoms with Gasteiger partial charge in [0.05, 0.1) is 11.9 Å². The Morgan fingerprint density at radius 1 is 1.00 bits per heavy atom. The van der Waals surface area contributed by atoms with Crippen LogP contribution in [0.4, 0.5) is 4.39 Å². The summed E-state index contributed by atoms with van der Waals surface area (Å²) in [6.45, 7) is 4.28. The summed E-state index contributed by atoms with van der Waals surface area (Å²) in [7, 11) is 0. The van der Waals surface area contributed by atoms with Gasteiger partial charge in [0.15, 0.2) is 0 Å². The fourth-order valence-corrected chi connectivity index (χ4v) is 3.91. The normalized spacial score (nSPS) is 13.5. The quantitative estimate of drug-likeness (QED) is 0.397. The van der Waals surface area contributed by atoms with E-state index in [-0.39, 0.29) is 17.0 Å². The number of hydrogen-bond donors (Lipinski definition) is 0. The molecule has 0 radical (unpaired) electrons. The largest absolute Gasteiger partial charge is 0.416 e. The topological polar surface area (TPSA) is 51.8 Å². The lowest BCUT2D eigenvalue weighted by Crippen LogP contribution is -2.10. The van der Waals surface area contributed by atoms with Crippen LogP contribution in [0, 0.1) is 5.82 Å². The van der Waals surface area contributed by atoms with Gasteiger partial charge in [-0.2, -0.15) is 0 Å². The fraction of sp³-hybridized carbons (Fsp3) is 0.227. The van der Waals surface area contributed by atoms with Gasteiger partial charge in [-0.25, -0.2) is 4.39 Å². The van der Waals surface area contributed by atoms with Crippen LogP contribution in [0.5, 0.6) is 0 Å². The maximum Gasteiger partial charge on any atom is 0.276 e. The van der Waals surface area contributed by atoms with Gasteiger partial charge in [0, 0.05) is 22.2 Å². The van der Waals surface area contributed by atoms with Gasteiger partial charge in [-0.3, -0.25) is 4.98 Å². The van der Waals surface area contributed by atoms with Crippen LogP contribution in [0.15, 0.2) is 70.3 Å². The summed E-state index contributed by atoms with van der Waals surface area (Å²) in [6.07, 6.45) is 0.418. The molecule has 4 aromatic rings. The van der Waals surface area contributed by atoms with Crippen molar-refractivity contribution >= 4 is 22.7 Å². The highest BCUT2D eigenvalue weighted by atomic mass is 32.2. The molecule has 0 saturated carbocycles. The zero-order valence-electron chi connectivity index (χ0n) is 15.7. The number of thioether (sulfide) groups is 1. The second-order valence-corrected chi connectivity index (χ2v) is 8.14. The minimum atomic E-state index is -0.267. The van der Waals surface area contributed by atoms with Crippen LogP contribution in [0.3, 0.4) is 0 Å². The first-order valence-corrected chi connectivity index (χ1v) is 10.1. The van der Waals surface area contributed by atoms with E-state index in [1.807, 2.05) is 24.3 Å². The SMILES string of the molecule is C[C@H](Sc1nnc(Cc2cccc(F)c2)o1)[C@@H](C)c1ccc2ccccc2n1. The molecule has 0 aliphatic heterocycles. The molecule has 4 rings (SSSR count). The number of hydrogen-bond acceptors (Lipinski definition) is 5. The van der Waals surface area contributed by atoms with Gasteiger partial charge < -0.3 is 4.42 Å². The molecule has 0 unspecified atom stereocenters. The van der Waals surface area contributed by atoms with Gasteiger partial charge in [-0.15, -0.1) is 10.2 Å².